The van der Waals surface area contributed by atoms with E-state index >= 15 is 0 Å². The quantitative estimate of drug-likeness (QED) is 0.404. The van der Waals surface area contributed by atoms with Crippen molar-refractivity contribution in [2.24, 2.45) is 0 Å². The van der Waals surface area contributed by atoms with E-state index in [1.165, 1.54) is 22.0 Å². The summed E-state index contributed by atoms with van der Waals surface area (Å²) in [6.07, 6.45) is 0. The number of thioether (sulfide) groups is 1. The Hall–Kier alpha value is -3.00. The maximum Gasteiger partial charge on any atom is 0.237 e. The Bertz CT molecular complexity index is 1060. The summed E-state index contributed by atoms with van der Waals surface area (Å²) in [5, 5.41) is 8.72. The summed E-state index contributed by atoms with van der Waals surface area (Å²) in [6, 6.07) is 15.9. The fourth-order valence-electron chi connectivity index (χ4n) is 3.25. The summed E-state index contributed by atoms with van der Waals surface area (Å²) in [5.41, 5.74) is 3.31. The summed E-state index contributed by atoms with van der Waals surface area (Å²) in [5.74, 6) is 7.58. The van der Waals surface area contributed by atoms with Crippen LogP contribution in [0.15, 0.2) is 53.7 Å². The van der Waals surface area contributed by atoms with Crippen molar-refractivity contribution in [1.82, 2.24) is 14.9 Å². The van der Waals surface area contributed by atoms with Gasteiger partial charge in [-0.2, -0.15) is 0 Å². The zero-order valence-corrected chi connectivity index (χ0v) is 20.1. The first kappa shape index (κ1) is 23.7. The molecule has 0 fully saturated rings. The molecule has 0 unspecified atom stereocenters. The highest BCUT2D eigenvalue weighted by molar-refractivity contribution is 7.99. The molecule has 0 spiro atoms. The molecule has 0 bridgehead atoms. The number of ether oxygens (including phenoxy) is 1. The minimum atomic E-state index is -0.00784. The number of nitrogens with two attached hydrogens (primary N) is 1. The molecule has 1 heterocycles. The van der Waals surface area contributed by atoms with Crippen molar-refractivity contribution < 1.29 is 9.53 Å². The molecule has 7 nitrogen and oxygen atoms in total. The molecule has 1 amide bonds. The lowest BCUT2D eigenvalue weighted by Crippen LogP contribution is -2.32. The molecule has 0 atom stereocenters. The van der Waals surface area contributed by atoms with Gasteiger partial charge in [0, 0.05) is 12.2 Å². The van der Waals surface area contributed by atoms with Crippen LogP contribution >= 0.6 is 11.8 Å². The van der Waals surface area contributed by atoms with E-state index in [1.807, 2.05) is 50.2 Å². The Morgan fingerprint density at radius 1 is 1.12 bits per heavy atom. The largest absolute Gasteiger partial charge is 0.486 e. The fraction of sp³-hybridized carbons (Fsp3) is 0.375. The van der Waals surface area contributed by atoms with E-state index in [-0.39, 0.29) is 23.7 Å². The monoisotopic (exact) mass is 453 g/mol. The zero-order chi connectivity index (χ0) is 23.3. The lowest BCUT2D eigenvalue weighted by Gasteiger charge is -2.22. The first-order valence-electron chi connectivity index (χ1n) is 10.6. The summed E-state index contributed by atoms with van der Waals surface area (Å²) in [4.78, 5) is 14.6. The van der Waals surface area contributed by atoms with Crippen LogP contribution < -0.4 is 15.5 Å². The van der Waals surface area contributed by atoms with Crippen LogP contribution in [-0.2, 0) is 16.8 Å². The third kappa shape index (κ3) is 5.62. The number of amides is 1. The average molecular weight is 454 g/mol. The van der Waals surface area contributed by atoms with E-state index in [0.29, 0.717) is 17.5 Å². The Balaban J connectivity index is 1.59. The van der Waals surface area contributed by atoms with E-state index < -0.39 is 0 Å². The van der Waals surface area contributed by atoms with Gasteiger partial charge in [0.25, 0.3) is 0 Å². The number of benzene rings is 2. The lowest BCUT2D eigenvalue weighted by molar-refractivity contribution is -0.116. The number of nitrogens with zero attached hydrogens (tertiary/aromatic N) is 4. The predicted octanol–water partition coefficient (Wildman–Crippen LogP) is 4.32. The number of anilines is 1. The third-order valence-electron chi connectivity index (χ3n) is 5.17. The molecule has 8 heteroatoms. The number of nitrogen functional groups attached to an aromatic ring is 1. The van der Waals surface area contributed by atoms with Crippen molar-refractivity contribution in [3.63, 3.8) is 0 Å². The van der Waals surface area contributed by atoms with Crippen molar-refractivity contribution in [2.75, 3.05) is 23.0 Å². The van der Waals surface area contributed by atoms with Crippen LogP contribution in [0.4, 0.5) is 5.69 Å². The molecule has 32 heavy (non-hydrogen) atoms. The van der Waals surface area contributed by atoms with Crippen LogP contribution in [-0.4, -0.2) is 33.1 Å². The number of carbonyl (C=O) groups excluding carboxylic acids is 1. The Morgan fingerprint density at radius 3 is 2.44 bits per heavy atom. The van der Waals surface area contributed by atoms with Gasteiger partial charge in [-0.3, -0.25) is 4.79 Å². The van der Waals surface area contributed by atoms with E-state index in [1.54, 1.807) is 4.90 Å². The number of hydrogen-bond acceptors (Lipinski definition) is 6. The topological polar surface area (TPSA) is 86.3 Å². The SMILES string of the molecule is CCN(C(=O)CSc1nnc(COc2ccc(C(C)(C)C)cc2)n1N)c1ccccc1C. The highest BCUT2D eigenvalue weighted by atomic mass is 32.2. The highest BCUT2D eigenvalue weighted by Crippen LogP contribution is 2.25. The molecule has 0 aliphatic rings. The molecule has 3 aromatic rings. The fourth-order valence-corrected chi connectivity index (χ4v) is 4.01. The lowest BCUT2D eigenvalue weighted by atomic mass is 9.87. The molecule has 0 aliphatic heterocycles. The Kier molecular flexibility index (Phi) is 7.45. The number of hydrogen-bond donors (Lipinski definition) is 1. The number of aryl methyl sites for hydroxylation is 1. The van der Waals surface area contributed by atoms with Gasteiger partial charge >= 0.3 is 0 Å². The molecule has 1 aromatic heterocycles. The number of rotatable bonds is 8. The van der Waals surface area contributed by atoms with Crippen molar-refractivity contribution in [3.05, 3.63) is 65.5 Å². The highest BCUT2D eigenvalue weighted by Gasteiger charge is 2.19. The molecule has 2 aromatic carbocycles. The van der Waals surface area contributed by atoms with Gasteiger partial charge in [0.2, 0.25) is 11.1 Å². The molecule has 170 valence electrons. The van der Waals surface area contributed by atoms with Gasteiger partial charge in [0.15, 0.2) is 5.82 Å². The van der Waals surface area contributed by atoms with E-state index in [0.717, 1.165) is 17.0 Å². The van der Waals surface area contributed by atoms with Crippen molar-refractivity contribution >= 4 is 23.4 Å². The molecule has 0 aliphatic carbocycles. The second-order valence-electron chi connectivity index (χ2n) is 8.55. The van der Waals surface area contributed by atoms with Gasteiger partial charge in [-0.1, -0.05) is 62.9 Å². The maximum atomic E-state index is 12.8. The molecular formula is C24H31N5O2S. The average Bonchev–Trinajstić information content (AvgIpc) is 3.11. The zero-order valence-electron chi connectivity index (χ0n) is 19.3. The minimum absolute atomic E-state index is 0.00784. The second kappa shape index (κ2) is 10.1. The number of aromatic nitrogens is 3. The van der Waals surface area contributed by atoms with Crippen LogP contribution in [0.25, 0.3) is 0 Å². The molecule has 0 saturated heterocycles. The van der Waals surface area contributed by atoms with Crippen LogP contribution in [0.1, 0.15) is 44.6 Å². The summed E-state index contributed by atoms with van der Waals surface area (Å²) < 4.78 is 7.20. The van der Waals surface area contributed by atoms with E-state index in [4.69, 9.17) is 10.6 Å². The Labute approximate surface area is 193 Å². The standard InChI is InChI=1S/C24H31N5O2S/c1-6-28(20-10-8-7-9-17(20)2)22(30)16-32-23-27-26-21(29(23)25)15-31-19-13-11-18(12-14-19)24(3,4)5/h7-14H,6,15-16,25H2,1-5H3. The summed E-state index contributed by atoms with van der Waals surface area (Å²) >= 11 is 1.26. The summed E-state index contributed by atoms with van der Waals surface area (Å²) in [7, 11) is 0. The summed E-state index contributed by atoms with van der Waals surface area (Å²) in [6.45, 7) is 11.3. The van der Waals surface area contributed by atoms with Crippen LogP contribution in [0.2, 0.25) is 0 Å². The van der Waals surface area contributed by atoms with Gasteiger partial charge in [0.1, 0.15) is 12.4 Å². The first-order valence-corrected chi connectivity index (χ1v) is 11.6. The predicted molar refractivity (Wildman–Crippen MR) is 130 cm³/mol. The van der Waals surface area contributed by atoms with Gasteiger partial charge in [0.05, 0.1) is 5.75 Å². The molecule has 0 radical (unpaired) electrons. The van der Waals surface area contributed by atoms with E-state index in [2.05, 4.69) is 43.1 Å². The first-order chi connectivity index (χ1) is 15.2. The third-order valence-corrected chi connectivity index (χ3v) is 6.10. The van der Waals surface area contributed by atoms with Crippen LogP contribution in [0.5, 0.6) is 5.75 Å². The van der Waals surface area contributed by atoms with E-state index in [9.17, 15) is 4.79 Å². The second-order valence-corrected chi connectivity index (χ2v) is 9.49. The van der Waals surface area contributed by atoms with Crippen molar-refractivity contribution in [1.29, 1.82) is 0 Å². The number of para-hydroxylation sites is 1. The van der Waals surface area contributed by atoms with Gasteiger partial charge < -0.3 is 15.5 Å². The van der Waals surface area contributed by atoms with Gasteiger partial charge in [-0.15, -0.1) is 10.2 Å². The smallest absolute Gasteiger partial charge is 0.237 e. The maximum absolute atomic E-state index is 12.8. The van der Waals surface area contributed by atoms with Gasteiger partial charge in [-0.05, 0) is 48.6 Å². The van der Waals surface area contributed by atoms with Crippen molar-refractivity contribution in [3.8, 4) is 5.75 Å². The van der Waals surface area contributed by atoms with Crippen molar-refractivity contribution in [2.45, 2.75) is 51.8 Å². The van der Waals surface area contributed by atoms with Crippen LogP contribution in [0.3, 0.4) is 0 Å². The van der Waals surface area contributed by atoms with Gasteiger partial charge in [-0.25, -0.2) is 4.68 Å². The number of carbonyl (C=O) groups is 1. The molecule has 0 saturated carbocycles. The molecule has 2 N–H and O–H groups in total. The minimum Gasteiger partial charge on any atom is -0.486 e. The molecule has 3 rings (SSSR count). The Morgan fingerprint density at radius 2 is 1.81 bits per heavy atom. The normalized spacial score (nSPS) is 11.4. The molecular weight excluding hydrogens is 422 g/mol. The van der Waals surface area contributed by atoms with Crippen LogP contribution in [0, 0.1) is 6.92 Å².